The zero-order chi connectivity index (χ0) is 11.5. The van der Waals surface area contributed by atoms with Gasteiger partial charge in [-0.05, 0) is 0 Å². The third-order valence-electron chi connectivity index (χ3n) is 1.77. The number of hydrogen-bond donors (Lipinski definition) is 2. The molecule has 0 aliphatic carbocycles. The molecule has 0 saturated carbocycles. The molecule has 16 heavy (non-hydrogen) atoms. The van der Waals surface area contributed by atoms with E-state index in [1.165, 1.54) is 22.3 Å². The predicted molar refractivity (Wildman–Crippen MR) is 58.4 cm³/mol. The summed E-state index contributed by atoms with van der Waals surface area (Å²) in [6.45, 7) is 0. The lowest BCUT2D eigenvalue weighted by atomic mass is 10.6. The van der Waals surface area contributed by atoms with Gasteiger partial charge >= 0.3 is 0 Å². The molecular weight excluding hydrogens is 230 g/mol. The van der Waals surface area contributed by atoms with Crippen molar-refractivity contribution in [3.05, 3.63) is 11.3 Å². The van der Waals surface area contributed by atoms with Crippen LogP contribution in [0.15, 0.2) is 6.33 Å². The van der Waals surface area contributed by atoms with Crippen molar-refractivity contribution in [3.63, 3.8) is 0 Å². The number of amides is 1. The summed E-state index contributed by atoms with van der Waals surface area (Å²) in [5.41, 5.74) is 0. The van der Waals surface area contributed by atoms with E-state index < -0.39 is 0 Å². The van der Waals surface area contributed by atoms with Crippen molar-refractivity contribution >= 4 is 28.3 Å². The fraction of sp³-hybridized carbons (Fsp3) is 0.286. The van der Waals surface area contributed by atoms with Crippen LogP contribution in [0.2, 0.25) is 0 Å². The van der Waals surface area contributed by atoms with Gasteiger partial charge in [0.1, 0.15) is 6.33 Å². The number of aromatic nitrogens is 5. The molecule has 0 unspecified atom stereocenters. The van der Waals surface area contributed by atoms with E-state index in [1.54, 1.807) is 14.1 Å². The second-order valence-corrected chi connectivity index (χ2v) is 3.80. The molecule has 1 amide bonds. The van der Waals surface area contributed by atoms with Gasteiger partial charge in [0.25, 0.3) is 5.91 Å². The van der Waals surface area contributed by atoms with Gasteiger partial charge in [-0.25, -0.2) is 4.68 Å². The maximum Gasteiger partial charge on any atom is 0.289 e. The van der Waals surface area contributed by atoms with E-state index in [0.29, 0.717) is 11.1 Å². The molecule has 0 aliphatic heterocycles. The van der Waals surface area contributed by atoms with E-state index >= 15 is 0 Å². The molecule has 0 radical (unpaired) electrons. The van der Waals surface area contributed by atoms with Crippen LogP contribution in [0.4, 0.5) is 11.1 Å². The molecule has 0 saturated heterocycles. The summed E-state index contributed by atoms with van der Waals surface area (Å²) in [7, 11) is 3.40. The summed E-state index contributed by atoms with van der Waals surface area (Å²) in [4.78, 5) is 15.6. The van der Waals surface area contributed by atoms with Crippen LogP contribution in [0.5, 0.6) is 0 Å². The van der Waals surface area contributed by atoms with Crippen molar-refractivity contribution in [2.45, 2.75) is 0 Å². The first kappa shape index (κ1) is 10.5. The molecular formula is C7H9N7OS. The summed E-state index contributed by atoms with van der Waals surface area (Å²) >= 11 is 1.17. The molecule has 0 fully saturated rings. The van der Waals surface area contributed by atoms with E-state index in [0.717, 1.165) is 0 Å². The van der Waals surface area contributed by atoms with Crippen LogP contribution in [0.25, 0.3) is 0 Å². The number of aryl methyl sites for hydroxylation is 1. The van der Waals surface area contributed by atoms with Crippen molar-refractivity contribution in [2.75, 3.05) is 17.7 Å². The van der Waals surface area contributed by atoms with Gasteiger partial charge in [-0.1, -0.05) is 11.3 Å². The lowest BCUT2D eigenvalue weighted by molar-refractivity contribution is 0.102. The Morgan fingerprint density at radius 1 is 1.50 bits per heavy atom. The highest BCUT2D eigenvalue weighted by Crippen LogP contribution is 2.15. The average Bonchev–Trinajstić information content (AvgIpc) is 2.88. The van der Waals surface area contributed by atoms with E-state index in [4.69, 9.17) is 0 Å². The summed E-state index contributed by atoms with van der Waals surface area (Å²) in [6, 6.07) is 0. The molecule has 0 atom stereocenters. The Hall–Kier alpha value is -2.03. The molecule has 84 valence electrons. The first-order valence-electron chi connectivity index (χ1n) is 4.37. The number of anilines is 2. The summed E-state index contributed by atoms with van der Waals surface area (Å²) in [5.74, 6) is 0.0151. The molecule has 9 heteroatoms. The molecule has 0 bridgehead atoms. The Labute approximate surface area is 94.7 Å². The quantitative estimate of drug-likeness (QED) is 0.780. The smallest absolute Gasteiger partial charge is 0.289 e. The molecule has 2 aromatic heterocycles. The third-order valence-corrected chi connectivity index (χ3v) is 2.71. The molecule has 0 aliphatic rings. The summed E-state index contributed by atoms with van der Waals surface area (Å²) in [6.07, 6.45) is 1.36. The van der Waals surface area contributed by atoms with Crippen molar-refractivity contribution in [3.8, 4) is 0 Å². The van der Waals surface area contributed by atoms with Gasteiger partial charge in [-0.15, -0.1) is 10.2 Å². The standard InChI is InChI=1S/C7H9N7OS/c1-8-7-13-12-5(16-7)4(15)11-6-9-3-10-14(6)2/h3H,1-2H3,(H,8,13)(H,9,10,11,15). The third kappa shape index (κ3) is 1.98. The second-order valence-electron chi connectivity index (χ2n) is 2.82. The van der Waals surface area contributed by atoms with Crippen LogP contribution in [0.1, 0.15) is 9.80 Å². The van der Waals surface area contributed by atoms with Gasteiger partial charge in [0.05, 0.1) is 0 Å². The van der Waals surface area contributed by atoms with Gasteiger partial charge in [-0.3, -0.25) is 10.1 Å². The monoisotopic (exact) mass is 239 g/mol. The Bertz CT molecular complexity index is 504. The highest BCUT2D eigenvalue weighted by molar-refractivity contribution is 7.17. The van der Waals surface area contributed by atoms with Crippen LogP contribution in [-0.2, 0) is 7.05 Å². The minimum Gasteiger partial charge on any atom is -0.363 e. The van der Waals surface area contributed by atoms with Gasteiger partial charge in [-0.2, -0.15) is 10.1 Å². The number of hydrogen-bond acceptors (Lipinski definition) is 7. The van der Waals surface area contributed by atoms with Crippen LogP contribution < -0.4 is 10.6 Å². The Morgan fingerprint density at radius 3 is 2.88 bits per heavy atom. The fourth-order valence-electron chi connectivity index (χ4n) is 0.980. The van der Waals surface area contributed by atoms with E-state index in [1.807, 2.05) is 0 Å². The number of nitrogens with zero attached hydrogens (tertiary/aromatic N) is 5. The normalized spacial score (nSPS) is 10.1. The lowest BCUT2D eigenvalue weighted by Gasteiger charge is -1.99. The van der Waals surface area contributed by atoms with Gasteiger partial charge < -0.3 is 5.32 Å². The zero-order valence-electron chi connectivity index (χ0n) is 8.63. The van der Waals surface area contributed by atoms with Gasteiger partial charge in [0.2, 0.25) is 16.1 Å². The average molecular weight is 239 g/mol. The molecule has 2 N–H and O–H groups in total. The van der Waals surface area contributed by atoms with Crippen LogP contribution in [0, 0.1) is 0 Å². The lowest BCUT2D eigenvalue weighted by Crippen LogP contribution is -2.15. The maximum atomic E-state index is 11.7. The van der Waals surface area contributed by atoms with Crippen molar-refractivity contribution in [1.29, 1.82) is 0 Å². The molecule has 2 heterocycles. The first-order valence-corrected chi connectivity index (χ1v) is 5.19. The maximum absolute atomic E-state index is 11.7. The number of nitrogens with one attached hydrogen (secondary N) is 2. The van der Waals surface area contributed by atoms with Crippen LogP contribution >= 0.6 is 11.3 Å². The first-order chi connectivity index (χ1) is 7.70. The predicted octanol–water partition coefficient (Wildman–Crippen LogP) is -0.0394. The van der Waals surface area contributed by atoms with Crippen molar-refractivity contribution in [2.24, 2.45) is 7.05 Å². The van der Waals surface area contributed by atoms with E-state index in [2.05, 4.69) is 30.9 Å². The summed E-state index contributed by atoms with van der Waals surface area (Å²) in [5, 5.41) is 17.6. The summed E-state index contributed by atoms with van der Waals surface area (Å²) < 4.78 is 1.46. The van der Waals surface area contributed by atoms with Gasteiger partial charge in [0.15, 0.2) is 0 Å². The largest absolute Gasteiger partial charge is 0.363 e. The fourth-order valence-corrected chi connectivity index (χ4v) is 1.57. The zero-order valence-corrected chi connectivity index (χ0v) is 9.45. The minimum atomic E-state index is -0.352. The minimum absolute atomic E-state index is 0.271. The molecule has 0 aromatic carbocycles. The number of carbonyl (C=O) groups excluding carboxylic acids is 1. The topological polar surface area (TPSA) is 97.6 Å². The molecule has 0 spiro atoms. The van der Waals surface area contributed by atoms with Gasteiger partial charge in [0, 0.05) is 14.1 Å². The second kappa shape index (κ2) is 4.23. The molecule has 2 aromatic rings. The highest BCUT2D eigenvalue weighted by atomic mass is 32.1. The van der Waals surface area contributed by atoms with Crippen LogP contribution in [0.3, 0.4) is 0 Å². The highest BCUT2D eigenvalue weighted by Gasteiger charge is 2.14. The Kier molecular flexibility index (Phi) is 2.77. The molecule has 2 rings (SSSR count). The Balaban J connectivity index is 2.11. The van der Waals surface area contributed by atoms with Crippen molar-refractivity contribution in [1.82, 2.24) is 25.0 Å². The number of carbonyl (C=O) groups is 1. The SMILES string of the molecule is CNc1nnc(C(=O)Nc2ncnn2C)s1. The Morgan fingerprint density at radius 2 is 2.31 bits per heavy atom. The van der Waals surface area contributed by atoms with Crippen LogP contribution in [-0.4, -0.2) is 37.9 Å². The number of rotatable bonds is 3. The van der Waals surface area contributed by atoms with E-state index in [-0.39, 0.29) is 10.9 Å². The van der Waals surface area contributed by atoms with Crippen molar-refractivity contribution < 1.29 is 4.79 Å². The van der Waals surface area contributed by atoms with E-state index in [9.17, 15) is 4.79 Å². The molecule has 8 nitrogen and oxygen atoms in total.